The number of benzene rings is 2. The van der Waals surface area contributed by atoms with Crippen LogP contribution >= 0.6 is 0 Å². The summed E-state index contributed by atoms with van der Waals surface area (Å²) in [5.41, 5.74) is 2.23. The lowest BCUT2D eigenvalue weighted by atomic mass is 9.95. The van der Waals surface area contributed by atoms with E-state index in [1.807, 2.05) is 24.3 Å². The molecule has 2 aromatic rings. The van der Waals surface area contributed by atoms with Gasteiger partial charge in [-0.3, -0.25) is 4.79 Å². The topological polar surface area (TPSA) is 37.3 Å². The molecule has 16 heavy (non-hydrogen) atoms. The molecule has 1 aliphatic carbocycles. The van der Waals surface area contributed by atoms with Crippen LogP contribution in [0.3, 0.4) is 0 Å². The van der Waals surface area contributed by atoms with Crippen LogP contribution in [0.25, 0.3) is 10.8 Å². The average Bonchev–Trinajstić information content (AvgIpc) is 2.73. The maximum atomic E-state index is 11.2. The van der Waals surface area contributed by atoms with Gasteiger partial charge >= 0.3 is 5.97 Å². The van der Waals surface area contributed by atoms with Crippen LogP contribution in [-0.2, 0) is 11.2 Å². The van der Waals surface area contributed by atoms with Gasteiger partial charge in [-0.2, -0.15) is 0 Å². The molecule has 0 aliphatic heterocycles. The number of rotatable bonds is 1. The van der Waals surface area contributed by atoms with E-state index in [1.54, 1.807) is 0 Å². The monoisotopic (exact) mass is 212 g/mol. The molecule has 1 atom stereocenters. The smallest absolute Gasteiger partial charge is 0.311 e. The summed E-state index contributed by atoms with van der Waals surface area (Å²) in [7, 11) is 0. The molecule has 2 nitrogen and oxygen atoms in total. The third-order valence-corrected chi connectivity index (χ3v) is 3.41. The number of aryl methyl sites for hydroxylation is 1. The van der Waals surface area contributed by atoms with Crippen LogP contribution in [0.4, 0.5) is 0 Å². The number of hydrogen-bond acceptors (Lipinski definition) is 1. The molecule has 0 saturated carbocycles. The van der Waals surface area contributed by atoms with Gasteiger partial charge in [-0.15, -0.1) is 0 Å². The normalized spacial score (nSPS) is 18.6. The highest BCUT2D eigenvalue weighted by molar-refractivity contribution is 5.92. The fourth-order valence-electron chi connectivity index (χ4n) is 2.66. The number of aliphatic carboxylic acids is 1. The molecule has 80 valence electrons. The van der Waals surface area contributed by atoms with E-state index in [9.17, 15) is 9.90 Å². The maximum Gasteiger partial charge on any atom is 0.311 e. The van der Waals surface area contributed by atoms with Crippen LogP contribution < -0.4 is 0 Å². The highest BCUT2D eigenvalue weighted by Crippen LogP contribution is 2.38. The van der Waals surface area contributed by atoms with Crippen molar-refractivity contribution < 1.29 is 9.90 Å². The first-order chi connectivity index (χ1) is 7.77. The molecule has 0 amide bonds. The minimum atomic E-state index is -0.699. The molecule has 0 fully saturated rings. The van der Waals surface area contributed by atoms with Crippen molar-refractivity contribution in [2.24, 2.45) is 0 Å². The molecule has 1 unspecified atom stereocenters. The largest absolute Gasteiger partial charge is 0.481 e. The van der Waals surface area contributed by atoms with E-state index in [1.165, 1.54) is 5.56 Å². The summed E-state index contributed by atoms with van der Waals surface area (Å²) in [6.07, 6.45) is 1.62. The Labute approximate surface area is 93.5 Å². The van der Waals surface area contributed by atoms with Gasteiger partial charge < -0.3 is 5.11 Å². The quantitative estimate of drug-likeness (QED) is 0.789. The molecular weight excluding hydrogens is 200 g/mol. The molecule has 0 radical (unpaired) electrons. The van der Waals surface area contributed by atoms with Crippen LogP contribution in [-0.4, -0.2) is 11.1 Å². The van der Waals surface area contributed by atoms with E-state index < -0.39 is 5.97 Å². The fraction of sp³-hybridized carbons (Fsp3) is 0.214. The second-order valence-electron chi connectivity index (χ2n) is 4.29. The fourth-order valence-corrected chi connectivity index (χ4v) is 2.66. The molecule has 0 aromatic heterocycles. The Morgan fingerprint density at radius 1 is 1.19 bits per heavy atom. The zero-order valence-corrected chi connectivity index (χ0v) is 8.81. The van der Waals surface area contributed by atoms with Gasteiger partial charge in [0.2, 0.25) is 0 Å². The molecular formula is C14H12O2. The van der Waals surface area contributed by atoms with Gasteiger partial charge in [0, 0.05) is 0 Å². The Bertz CT molecular complexity index is 572. The molecule has 3 rings (SSSR count). The lowest BCUT2D eigenvalue weighted by Gasteiger charge is -2.09. The Morgan fingerprint density at radius 3 is 2.81 bits per heavy atom. The Balaban J connectivity index is 2.33. The molecule has 0 spiro atoms. The van der Waals surface area contributed by atoms with Crippen molar-refractivity contribution in [2.75, 3.05) is 0 Å². The van der Waals surface area contributed by atoms with Crippen LogP contribution in [0.1, 0.15) is 23.5 Å². The van der Waals surface area contributed by atoms with Crippen LogP contribution in [0, 0.1) is 0 Å². The number of carbonyl (C=O) groups is 1. The first-order valence-corrected chi connectivity index (χ1v) is 5.50. The van der Waals surface area contributed by atoms with Crippen molar-refractivity contribution in [1.82, 2.24) is 0 Å². The summed E-state index contributed by atoms with van der Waals surface area (Å²) in [6, 6.07) is 12.2. The summed E-state index contributed by atoms with van der Waals surface area (Å²) in [5.74, 6) is -1.02. The molecule has 1 N–H and O–H groups in total. The number of carboxylic acids is 1. The highest BCUT2D eigenvalue weighted by Gasteiger charge is 2.29. The Morgan fingerprint density at radius 2 is 2.00 bits per heavy atom. The lowest BCUT2D eigenvalue weighted by molar-refractivity contribution is -0.138. The minimum absolute atomic E-state index is 0.318. The summed E-state index contributed by atoms with van der Waals surface area (Å²) in [4.78, 5) is 11.2. The minimum Gasteiger partial charge on any atom is -0.481 e. The first-order valence-electron chi connectivity index (χ1n) is 5.50. The number of hydrogen-bond donors (Lipinski definition) is 1. The highest BCUT2D eigenvalue weighted by atomic mass is 16.4. The molecule has 1 aliphatic rings. The Hall–Kier alpha value is -1.83. The summed E-state index contributed by atoms with van der Waals surface area (Å²) in [5, 5.41) is 11.5. The number of fused-ring (bicyclic) bond motifs is 3. The van der Waals surface area contributed by atoms with Crippen molar-refractivity contribution in [3.8, 4) is 0 Å². The van der Waals surface area contributed by atoms with Gasteiger partial charge in [0.15, 0.2) is 0 Å². The molecule has 2 aromatic carbocycles. The predicted molar refractivity (Wildman–Crippen MR) is 62.6 cm³/mol. The average molecular weight is 212 g/mol. The van der Waals surface area contributed by atoms with Crippen molar-refractivity contribution in [3.63, 3.8) is 0 Å². The zero-order valence-electron chi connectivity index (χ0n) is 8.81. The van der Waals surface area contributed by atoms with E-state index in [4.69, 9.17) is 0 Å². The van der Waals surface area contributed by atoms with Crippen LogP contribution in [0.5, 0.6) is 0 Å². The summed E-state index contributed by atoms with van der Waals surface area (Å²) in [6.45, 7) is 0. The Kier molecular flexibility index (Phi) is 1.96. The van der Waals surface area contributed by atoms with Gasteiger partial charge in [0.05, 0.1) is 5.92 Å². The van der Waals surface area contributed by atoms with E-state index in [0.717, 1.165) is 29.2 Å². The third-order valence-electron chi connectivity index (χ3n) is 3.41. The van der Waals surface area contributed by atoms with Crippen molar-refractivity contribution in [3.05, 3.63) is 47.5 Å². The lowest BCUT2D eigenvalue weighted by Crippen LogP contribution is -2.08. The van der Waals surface area contributed by atoms with Gasteiger partial charge in [-0.05, 0) is 34.7 Å². The summed E-state index contributed by atoms with van der Waals surface area (Å²) < 4.78 is 0. The van der Waals surface area contributed by atoms with Crippen molar-refractivity contribution in [1.29, 1.82) is 0 Å². The first kappa shape index (κ1) is 9.40. The zero-order chi connectivity index (χ0) is 11.1. The van der Waals surface area contributed by atoms with E-state index in [-0.39, 0.29) is 5.92 Å². The number of carboxylic acid groups (broad SMARTS) is 1. The van der Waals surface area contributed by atoms with Gasteiger partial charge in [-0.1, -0.05) is 36.4 Å². The molecule has 0 saturated heterocycles. The van der Waals surface area contributed by atoms with Gasteiger partial charge in [-0.25, -0.2) is 0 Å². The van der Waals surface area contributed by atoms with Crippen LogP contribution in [0.15, 0.2) is 36.4 Å². The second-order valence-corrected chi connectivity index (χ2v) is 4.29. The van der Waals surface area contributed by atoms with E-state index >= 15 is 0 Å². The summed E-state index contributed by atoms with van der Waals surface area (Å²) >= 11 is 0. The van der Waals surface area contributed by atoms with Crippen molar-refractivity contribution in [2.45, 2.75) is 18.8 Å². The standard InChI is InChI=1S/C14H12O2/c15-14(16)12-8-7-10-6-5-9-3-1-2-4-11(9)13(10)12/h1-6,12H,7-8H2,(H,15,16). The SMILES string of the molecule is O=C(O)C1CCc2ccc3ccccc3c21. The third kappa shape index (κ3) is 1.23. The predicted octanol–water partition coefficient (Wildman–Crippen LogP) is 2.95. The van der Waals surface area contributed by atoms with Gasteiger partial charge in [0.25, 0.3) is 0 Å². The van der Waals surface area contributed by atoms with E-state index in [2.05, 4.69) is 12.1 Å². The van der Waals surface area contributed by atoms with E-state index in [0.29, 0.717) is 0 Å². The molecule has 0 bridgehead atoms. The maximum absolute atomic E-state index is 11.2. The second kappa shape index (κ2) is 3.34. The van der Waals surface area contributed by atoms with Gasteiger partial charge in [0.1, 0.15) is 0 Å². The van der Waals surface area contributed by atoms with Crippen LogP contribution in [0.2, 0.25) is 0 Å². The molecule has 2 heteroatoms. The molecule has 0 heterocycles. The van der Waals surface area contributed by atoms with Crippen molar-refractivity contribution >= 4 is 16.7 Å².